The molecule has 136 valence electrons. The topological polar surface area (TPSA) is 56.1 Å². The molecule has 0 fully saturated rings. The third kappa shape index (κ3) is 5.32. The zero-order chi connectivity index (χ0) is 19.1. The molecule has 26 heavy (non-hydrogen) atoms. The first-order chi connectivity index (χ1) is 12.4. The number of carbonyl (C=O) groups is 1. The summed E-state index contributed by atoms with van der Waals surface area (Å²) in [5, 5.41) is 12.8. The summed E-state index contributed by atoms with van der Waals surface area (Å²) in [6.45, 7) is 6.53. The Hall–Kier alpha value is -2.35. The fourth-order valence-electron chi connectivity index (χ4n) is 2.94. The van der Waals surface area contributed by atoms with Gasteiger partial charge in [-0.05, 0) is 55.7 Å². The van der Waals surface area contributed by atoms with Crippen LogP contribution in [0, 0.1) is 25.2 Å². The summed E-state index contributed by atoms with van der Waals surface area (Å²) >= 11 is 6.22. The Kier molecular flexibility index (Phi) is 7.20. The SMILES string of the molecule is Cc1cc(C)cc(N(CCC#N)C(=O)CNC(C)c2ccccc2Cl)c1. The predicted molar refractivity (Wildman–Crippen MR) is 106 cm³/mol. The van der Waals surface area contributed by atoms with Crippen molar-refractivity contribution >= 4 is 23.2 Å². The van der Waals surface area contributed by atoms with Gasteiger partial charge in [0.05, 0.1) is 19.0 Å². The molecule has 1 N–H and O–H groups in total. The molecule has 0 saturated heterocycles. The molecule has 0 heterocycles. The van der Waals surface area contributed by atoms with Gasteiger partial charge < -0.3 is 10.2 Å². The Labute approximate surface area is 160 Å². The molecule has 0 aliphatic carbocycles. The van der Waals surface area contributed by atoms with Gasteiger partial charge in [-0.15, -0.1) is 0 Å². The quantitative estimate of drug-likeness (QED) is 0.778. The summed E-state index contributed by atoms with van der Waals surface area (Å²) in [5.41, 5.74) is 3.96. The molecule has 0 saturated carbocycles. The highest BCUT2D eigenvalue weighted by Gasteiger charge is 2.18. The molecule has 0 aliphatic rings. The molecule has 0 aliphatic heterocycles. The van der Waals surface area contributed by atoms with E-state index < -0.39 is 0 Å². The Bertz CT molecular complexity index is 793. The van der Waals surface area contributed by atoms with Crippen LogP contribution >= 0.6 is 11.6 Å². The summed E-state index contributed by atoms with van der Waals surface area (Å²) in [5.74, 6) is -0.0656. The Morgan fingerprint density at radius 2 is 1.88 bits per heavy atom. The van der Waals surface area contributed by atoms with Crippen LogP contribution in [0.5, 0.6) is 0 Å². The molecular weight excluding hydrogens is 346 g/mol. The monoisotopic (exact) mass is 369 g/mol. The van der Waals surface area contributed by atoms with Crippen LogP contribution in [0.15, 0.2) is 42.5 Å². The van der Waals surface area contributed by atoms with Crippen LogP contribution in [-0.2, 0) is 4.79 Å². The van der Waals surface area contributed by atoms with Crippen molar-refractivity contribution in [3.8, 4) is 6.07 Å². The van der Waals surface area contributed by atoms with Crippen molar-refractivity contribution in [2.45, 2.75) is 33.2 Å². The lowest BCUT2D eigenvalue weighted by molar-refractivity contribution is -0.117. The summed E-state index contributed by atoms with van der Waals surface area (Å²) in [4.78, 5) is 14.5. The van der Waals surface area contributed by atoms with Crippen molar-refractivity contribution < 1.29 is 4.79 Å². The Morgan fingerprint density at radius 1 is 1.23 bits per heavy atom. The van der Waals surface area contributed by atoms with Gasteiger partial charge in [-0.1, -0.05) is 35.9 Å². The maximum absolute atomic E-state index is 12.8. The van der Waals surface area contributed by atoms with E-state index in [1.807, 2.05) is 57.2 Å². The van der Waals surface area contributed by atoms with E-state index in [4.69, 9.17) is 16.9 Å². The van der Waals surface area contributed by atoms with Crippen molar-refractivity contribution in [2.75, 3.05) is 18.0 Å². The minimum atomic E-state index is -0.0656. The van der Waals surface area contributed by atoms with Gasteiger partial charge in [0.25, 0.3) is 0 Å². The van der Waals surface area contributed by atoms with Gasteiger partial charge in [-0.3, -0.25) is 4.79 Å². The maximum Gasteiger partial charge on any atom is 0.240 e. The minimum Gasteiger partial charge on any atom is -0.310 e. The second-order valence-corrected chi connectivity index (χ2v) is 6.83. The number of carbonyl (C=O) groups excluding carboxylic acids is 1. The van der Waals surface area contributed by atoms with Crippen LogP contribution in [0.25, 0.3) is 0 Å². The van der Waals surface area contributed by atoms with E-state index in [1.54, 1.807) is 4.90 Å². The normalized spacial score (nSPS) is 11.7. The average Bonchev–Trinajstić information content (AvgIpc) is 2.59. The highest BCUT2D eigenvalue weighted by molar-refractivity contribution is 6.31. The number of nitrogens with one attached hydrogen (secondary N) is 1. The standard InChI is InChI=1S/C21H24ClN3O/c1-15-11-16(2)13-18(12-15)25(10-6-9-23)21(26)14-24-17(3)19-7-4-5-8-20(19)22/h4-5,7-8,11-13,17,24H,6,10,14H2,1-3H3. The van der Waals surface area contributed by atoms with Crippen LogP contribution in [0.4, 0.5) is 5.69 Å². The van der Waals surface area contributed by atoms with Gasteiger partial charge in [-0.2, -0.15) is 5.26 Å². The van der Waals surface area contributed by atoms with Gasteiger partial charge >= 0.3 is 0 Å². The van der Waals surface area contributed by atoms with Crippen molar-refractivity contribution in [3.05, 3.63) is 64.2 Å². The largest absolute Gasteiger partial charge is 0.310 e. The molecule has 1 unspecified atom stereocenters. The number of rotatable bonds is 7. The van der Waals surface area contributed by atoms with Gasteiger partial charge in [0.1, 0.15) is 0 Å². The van der Waals surface area contributed by atoms with Crippen molar-refractivity contribution in [1.29, 1.82) is 5.26 Å². The van der Waals surface area contributed by atoms with E-state index in [9.17, 15) is 4.79 Å². The fraction of sp³-hybridized carbons (Fsp3) is 0.333. The second-order valence-electron chi connectivity index (χ2n) is 6.42. The van der Waals surface area contributed by atoms with Gasteiger partial charge in [0.15, 0.2) is 0 Å². The molecule has 2 aromatic carbocycles. The molecule has 1 amide bonds. The number of hydrogen-bond acceptors (Lipinski definition) is 3. The third-order valence-electron chi connectivity index (χ3n) is 4.20. The van der Waals surface area contributed by atoms with E-state index in [-0.39, 0.29) is 18.5 Å². The smallest absolute Gasteiger partial charge is 0.240 e. The second kappa shape index (κ2) is 9.38. The zero-order valence-corrected chi connectivity index (χ0v) is 16.2. The minimum absolute atomic E-state index is 0.0512. The van der Waals surface area contributed by atoms with Crippen LogP contribution in [0.1, 0.15) is 36.1 Å². The molecule has 2 aromatic rings. The van der Waals surface area contributed by atoms with Gasteiger partial charge in [0.2, 0.25) is 5.91 Å². The lowest BCUT2D eigenvalue weighted by Gasteiger charge is -2.24. The van der Waals surface area contributed by atoms with E-state index >= 15 is 0 Å². The maximum atomic E-state index is 12.8. The first kappa shape index (κ1) is 20.0. The van der Waals surface area contributed by atoms with E-state index in [2.05, 4.69) is 17.5 Å². The number of hydrogen-bond donors (Lipinski definition) is 1. The van der Waals surface area contributed by atoms with Crippen LogP contribution in [-0.4, -0.2) is 19.0 Å². The summed E-state index contributed by atoms with van der Waals surface area (Å²) < 4.78 is 0. The molecule has 4 nitrogen and oxygen atoms in total. The van der Waals surface area contributed by atoms with E-state index in [0.717, 1.165) is 22.4 Å². The average molecular weight is 370 g/mol. The number of benzene rings is 2. The predicted octanol–water partition coefficient (Wildman–Crippen LogP) is 4.55. The van der Waals surface area contributed by atoms with Crippen molar-refractivity contribution in [1.82, 2.24) is 5.32 Å². The highest BCUT2D eigenvalue weighted by Crippen LogP contribution is 2.23. The molecule has 0 spiro atoms. The van der Waals surface area contributed by atoms with Gasteiger partial charge in [-0.25, -0.2) is 0 Å². The molecule has 5 heteroatoms. The first-order valence-corrected chi connectivity index (χ1v) is 9.03. The van der Waals surface area contributed by atoms with Crippen LogP contribution < -0.4 is 10.2 Å². The molecular formula is C21H24ClN3O. The fourth-order valence-corrected chi connectivity index (χ4v) is 3.24. The number of amides is 1. The molecule has 0 aromatic heterocycles. The summed E-state index contributed by atoms with van der Waals surface area (Å²) in [6.07, 6.45) is 0.290. The Balaban J connectivity index is 2.12. The highest BCUT2D eigenvalue weighted by atomic mass is 35.5. The van der Waals surface area contributed by atoms with Crippen molar-refractivity contribution in [3.63, 3.8) is 0 Å². The van der Waals surface area contributed by atoms with Crippen LogP contribution in [0.3, 0.4) is 0 Å². The molecule has 0 radical (unpaired) electrons. The number of halogens is 1. The van der Waals surface area contributed by atoms with Crippen LogP contribution in [0.2, 0.25) is 5.02 Å². The van der Waals surface area contributed by atoms with Crippen molar-refractivity contribution in [2.24, 2.45) is 0 Å². The first-order valence-electron chi connectivity index (χ1n) is 8.65. The lowest BCUT2D eigenvalue weighted by Crippen LogP contribution is -2.39. The molecule has 1 atom stereocenters. The zero-order valence-electron chi connectivity index (χ0n) is 15.4. The number of anilines is 1. The van der Waals surface area contributed by atoms with E-state index in [1.165, 1.54) is 0 Å². The van der Waals surface area contributed by atoms with Gasteiger partial charge in [0, 0.05) is 23.3 Å². The Morgan fingerprint density at radius 3 is 2.50 bits per heavy atom. The lowest BCUT2D eigenvalue weighted by atomic mass is 10.1. The number of nitriles is 1. The number of aryl methyl sites for hydroxylation is 2. The number of nitrogens with zero attached hydrogens (tertiary/aromatic N) is 2. The molecule has 2 rings (SSSR count). The van der Waals surface area contributed by atoms with E-state index in [0.29, 0.717) is 18.0 Å². The molecule has 0 bridgehead atoms. The summed E-state index contributed by atoms with van der Waals surface area (Å²) in [7, 11) is 0. The third-order valence-corrected chi connectivity index (χ3v) is 4.54. The summed E-state index contributed by atoms with van der Waals surface area (Å²) in [6, 6.07) is 15.7.